The first-order valence-electron chi connectivity index (χ1n) is 11.3. The highest BCUT2D eigenvalue weighted by Crippen LogP contribution is 2.30. The van der Waals surface area contributed by atoms with Crippen LogP contribution >= 0.6 is 0 Å². The van der Waals surface area contributed by atoms with Gasteiger partial charge in [0.1, 0.15) is 18.9 Å². The van der Waals surface area contributed by atoms with Gasteiger partial charge in [-0.15, -0.1) is 0 Å². The van der Waals surface area contributed by atoms with Crippen LogP contribution in [0.3, 0.4) is 0 Å². The molecule has 3 aromatic rings. The number of rotatable bonds is 9. The Kier molecular flexibility index (Phi) is 7.15. The van der Waals surface area contributed by atoms with Crippen molar-refractivity contribution in [2.24, 2.45) is 0 Å². The van der Waals surface area contributed by atoms with E-state index in [1.165, 1.54) is 18.0 Å². The molecule has 0 unspecified atom stereocenters. The Morgan fingerprint density at radius 1 is 1.21 bits per heavy atom. The number of carbonyl (C=O) groups excluding carboxylic acids is 2. The van der Waals surface area contributed by atoms with Gasteiger partial charge in [0.15, 0.2) is 11.5 Å². The third-order valence-electron chi connectivity index (χ3n) is 5.90. The number of nitrogens with one attached hydrogen (secondary N) is 2. The lowest BCUT2D eigenvalue weighted by molar-refractivity contribution is -0.122. The van der Waals surface area contributed by atoms with E-state index in [2.05, 4.69) is 20.9 Å². The molecule has 1 saturated carbocycles. The van der Waals surface area contributed by atoms with E-state index in [0.29, 0.717) is 28.5 Å². The topological polar surface area (TPSA) is 121 Å². The van der Waals surface area contributed by atoms with Gasteiger partial charge in [0.05, 0.1) is 30.3 Å². The number of ether oxygens (including phenoxy) is 2. The van der Waals surface area contributed by atoms with Gasteiger partial charge in [-0.3, -0.25) is 14.3 Å². The molecule has 2 aromatic heterocycles. The molecule has 10 heteroatoms. The molecule has 2 amide bonds. The van der Waals surface area contributed by atoms with Crippen molar-refractivity contribution in [2.75, 3.05) is 12.4 Å². The second-order valence-corrected chi connectivity index (χ2v) is 8.39. The lowest BCUT2D eigenvalue weighted by Gasteiger charge is -2.12. The van der Waals surface area contributed by atoms with Gasteiger partial charge in [-0.2, -0.15) is 5.10 Å². The van der Waals surface area contributed by atoms with Crippen LogP contribution in [0.1, 0.15) is 53.1 Å². The van der Waals surface area contributed by atoms with Crippen LogP contribution in [0.5, 0.6) is 11.5 Å². The first kappa shape index (κ1) is 23.3. The number of hydrogen-bond acceptors (Lipinski definition) is 7. The summed E-state index contributed by atoms with van der Waals surface area (Å²) < 4.78 is 17.9. The lowest BCUT2D eigenvalue weighted by atomic mass is 10.2. The van der Waals surface area contributed by atoms with Crippen LogP contribution in [0.4, 0.5) is 5.69 Å². The van der Waals surface area contributed by atoms with Gasteiger partial charge in [-0.25, -0.2) is 0 Å². The molecule has 0 atom stereocenters. The largest absolute Gasteiger partial charge is 0.493 e. The second-order valence-electron chi connectivity index (χ2n) is 8.39. The second kappa shape index (κ2) is 10.4. The molecule has 4 rings (SSSR count). The van der Waals surface area contributed by atoms with Gasteiger partial charge in [0.25, 0.3) is 5.91 Å². The number of nitrogens with zero attached hydrogens (tertiary/aromatic N) is 3. The first-order valence-corrected chi connectivity index (χ1v) is 11.3. The van der Waals surface area contributed by atoms with Gasteiger partial charge in [0, 0.05) is 17.8 Å². The summed E-state index contributed by atoms with van der Waals surface area (Å²) >= 11 is 0. The minimum absolute atomic E-state index is 0.0789. The summed E-state index contributed by atoms with van der Waals surface area (Å²) in [6.45, 7) is 4.06. The SMILES string of the molecule is COc1cc(C(=O)Nc2cnn(CC(=O)NC3CCCC3)c2)ccc1OCc1c(C)noc1C. The standard InChI is InChI=1S/C24H29N5O5/c1-15-20(16(2)34-28-15)14-33-21-9-8-17(10-22(21)32-3)24(31)27-19-11-25-29(12-19)13-23(30)26-18-6-4-5-7-18/h8-12,18H,4-7,13-14H2,1-3H3,(H,26,30)(H,27,31). The molecule has 0 radical (unpaired) electrons. The van der Waals surface area contributed by atoms with E-state index in [-0.39, 0.29) is 31.0 Å². The maximum atomic E-state index is 12.7. The summed E-state index contributed by atoms with van der Waals surface area (Å²) in [4.78, 5) is 24.9. The summed E-state index contributed by atoms with van der Waals surface area (Å²) in [6, 6.07) is 5.20. The van der Waals surface area contributed by atoms with E-state index in [4.69, 9.17) is 14.0 Å². The van der Waals surface area contributed by atoms with E-state index in [9.17, 15) is 9.59 Å². The van der Waals surface area contributed by atoms with Crippen LogP contribution in [-0.2, 0) is 17.9 Å². The first-order chi connectivity index (χ1) is 16.4. The molecule has 0 bridgehead atoms. The van der Waals surface area contributed by atoms with Crippen molar-refractivity contribution >= 4 is 17.5 Å². The number of methoxy groups -OCH3 is 1. The normalized spacial score (nSPS) is 13.6. The molecular formula is C24H29N5O5. The predicted molar refractivity (Wildman–Crippen MR) is 124 cm³/mol. The zero-order valence-corrected chi connectivity index (χ0v) is 19.6. The summed E-state index contributed by atoms with van der Waals surface area (Å²) in [5.41, 5.74) is 2.53. The molecular weight excluding hydrogens is 438 g/mol. The number of aryl methyl sites for hydroxylation is 2. The number of anilines is 1. The van der Waals surface area contributed by atoms with Gasteiger partial charge in [0.2, 0.25) is 5.91 Å². The molecule has 0 saturated heterocycles. The zero-order chi connectivity index (χ0) is 24.1. The molecule has 0 aliphatic heterocycles. The smallest absolute Gasteiger partial charge is 0.255 e. The van der Waals surface area contributed by atoms with E-state index in [0.717, 1.165) is 36.9 Å². The van der Waals surface area contributed by atoms with Gasteiger partial charge in [-0.1, -0.05) is 18.0 Å². The Hall–Kier alpha value is -3.82. The fraction of sp³-hybridized carbons (Fsp3) is 0.417. The molecule has 1 fully saturated rings. The molecule has 2 heterocycles. The average molecular weight is 468 g/mol. The van der Waals surface area contributed by atoms with Crippen molar-refractivity contribution in [2.45, 2.75) is 58.7 Å². The van der Waals surface area contributed by atoms with E-state index >= 15 is 0 Å². The molecule has 1 aliphatic rings. The van der Waals surface area contributed by atoms with Crippen LogP contribution in [0.15, 0.2) is 35.1 Å². The van der Waals surface area contributed by atoms with Crippen molar-refractivity contribution in [3.8, 4) is 11.5 Å². The van der Waals surface area contributed by atoms with E-state index in [1.807, 2.05) is 13.8 Å². The summed E-state index contributed by atoms with van der Waals surface area (Å²) in [5.74, 6) is 1.22. The van der Waals surface area contributed by atoms with Crippen molar-refractivity contribution in [3.05, 3.63) is 53.2 Å². The Balaban J connectivity index is 1.35. The fourth-order valence-corrected chi connectivity index (χ4v) is 3.99. The van der Waals surface area contributed by atoms with Crippen LogP contribution in [0, 0.1) is 13.8 Å². The highest BCUT2D eigenvalue weighted by molar-refractivity contribution is 6.04. The monoisotopic (exact) mass is 467 g/mol. The number of amides is 2. The molecule has 1 aromatic carbocycles. The third kappa shape index (κ3) is 5.56. The van der Waals surface area contributed by atoms with Crippen molar-refractivity contribution in [3.63, 3.8) is 0 Å². The molecule has 1 aliphatic carbocycles. The Morgan fingerprint density at radius 2 is 2.00 bits per heavy atom. The predicted octanol–water partition coefficient (Wildman–Crippen LogP) is 3.39. The fourth-order valence-electron chi connectivity index (χ4n) is 3.99. The summed E-state index contributed by atoms with van der Waals surface area (Å²) in [5, 5.41) is 13.9. The molecule has 180 valence electrons. The maximum Gasteiger partial charge on any atom is 0.255 e. The van der Waals surface area contributed by atoms with Gasteiger partial charge in [-0.05, 0) is 44.9 Å². The van der Waals surface area contributed by atoms with Crippen LogP contribution < -0.4 is 20.1 Å². The Bertz CT molecular complexity index is 1140. The highest BCUT2D eigenvalue weighted by atomic mass is 16.5. The number of carbonyl (C=O) groups is 2. The molecule has 10 nitrogen and oxygen atoms in total. The Labute approximate surface area is 197 Å². The van der Waals surface area contributed by atoms with Crippen molar-refractivity contribution in [1.29, 1.82) is 0 Å². The van der Waals surface area contributed by atoms with Crippen molar-refractivity contribution in [1.82, 2.24) is 20.3 Å². The summed E-state index contributed by atoms with van der Waals surface area (Å²) in [7, 11) is 1.51. The van der Waals surface area contributed by atoms with Crippen LogP contribution in [-0.4, -0.2) is 39.9 Å². The number of aromatic nitrogens is 3. The lowest BCUT2D eigenvalue weighted by Crippen LogP contribution is -2.35. The molecule has 34 heavy (non-hydrogen) atoms. The quantitative estimate of drug-likeness (QED) is 0.495. The number of hydrogen-bond donors (Lipinski definition) is 2. The van der Waals surface area contributed by atoms with Crippen LogP contribution in [0.25, 0.3) is 0 Å². The minimum Gasteiger partial charge on any atom is -0.493 e. The maximum absolute atomic E-state index is 12.7. The number of benzene rings is 1. The molecule has 2 N–H and O–H groups in total. The van der Waals surface area contributed by atoms with Crippen molar-refractivity contribution < 1.29 is 23.6 Å². The molecule has 0 spiro atoms. The van der Waals surface area contributed by atoms with E-state index < -0.39 is 0 Å². The average Bonchev–Trinajstić information content (AvgIpc) is 3.56. The minimum atomic E-state index is -0.328. The van der Waals surface area contributed by atoms with Crippen LogP contribution in [0.2, 0.25) is 0 Å². The zero-order valence-electron chi connectivity index (χ0n) is 19.6. The van der Waals surface area contributed by atoms with Gasteiger partial charge < -0.3 is 24.6 Å². The Morgan fingerprint density at radius 3 is 2.71 bits per heavy atom. The highest BCUT2D eigenvalue weighted by Gasteiger charge is 2.18. The summed E-state index contributed by atoms with van der Waals surface area (Å²) in [6.07, 6.45) is 7.51. The third-order valence-corrected chi connectivity index (χ3v) is 5.90. The van der Waals surface area contributed by atoms with Gasteiger partial charge >= 0.3 is 0 Å². The van der Waals surface area contributed by atoms with E-state index in [1.54, 1.807) is 24.4 Å².